The number of nitro groups is 1. The number of ether oxygens (including phenoxy) is 1. The predicted molar refractivity (Wildman–Crippen MR) is 78.8 cm³/mol. The highest BCUT2D eigenvalue weighted by Crippen LogP contribution is 2.25. The number of nitrogens with zero attached hydrogens (tertiary/aromatic N) is 5. The first kappa shape index (κ1) is 14.7. The second-order valence-electron chi connectivity index (χ2n) is 4.70. The third kappa shape index (κ3) is 3.03. The Morgan fingerprint density at radius 2 is 2.09 bits per heavy atom. The molecule has 0 unspecified atom stereocenters. The van der Waals surface area contributed by atoms with Crippen LogP contribution in [0.2, 0.25) is 0 Å². The van der Waals surface area contributed by atoms with Gasteiger partial charge in [0.1, 0.15) is 19.3 Å². The van der Waals surface area contributed by atoms with Crippen molar-refractivity contribution < 1.29 is 14.3 Å². The van der Waals surface area contributed by atoms with Crippen molar-refractivity contribution in [3.8, 4) is 17.1 Å². The van der Waals surface area contributed by atoms with Crippen LogP contribution in [0.25, 0.3) is 11.3 Å². The standard InChI is InChI=1S/C14H13N5O4/c1-10-15-9-12(19(20)21)18(10)7-8-22-14-13(16-23-17-14)11-5-3-2-4-6-11/h2-6,9H,7-8H2,1H3. The lowest BCUT2D eigenvalue weighted by Crippen LogP contribution is -2.12. The number of aryl methyl sites for hydroxylation is 1. The summed E-state index contributed by atoms with van der Waals surface area (Å²) >= 11 is 0. The van der Waals surface area contributed by atoms with E-state index in [9.17, 15) is 10.1 Å². The molecule has 0 aliphatic carbocycles. The molecule has 0 N–H and O–H groups in total. The molecular weight excluding hydrogens is 302 g/mol. The van der Waals surface area contributed by atoms with Gasteiger partial charge >= 0.3 is 5.82 Å². The lowest BCUT2D eigenvalue weighted by molar-refractivity contribution is -0.392. The third-order valence-corrected chi connectivity index (χ3v) is 3.28. The van der Waals surface area contributed by atoms with Gasteiger partial charge in [-0.05, 0) is 15.2 Å². The first-order valence-electron chi connectivity index (χ1n) is 6.84. The summed E-state index contributed by atoms with van der Waals surface area (Å²) < 4.78 is 11.7. The molecule has 3 aromatic rings. The Morgan fingerprint density at radius 1 is 1.30 bits per heavy atom. The van der Waals surface area contributed by atoms with Crippen molar-refractivity contribution in [2.75, 3.05) is 6.61 Å². The van der Waals surface area contributed by atoms with Crippen molar-refractivity contribution in [1.82, 2.24) is 19.9 Å². The fourth-order valence-corrected chi connectivity index (χ4v) is 2.16. The van der Waals surface area contributed by atoms with Gasteiger partial charge in [0.15, 0.2) is 11.5 Å². The van der Waals surface area contributed by atoms with Crippen molar-refractivity contribution in [2.24, 2.45) is 0 Å². The van der Waals surface area contributed by atoms with Crippen molar-refractivity contribution in [3.05, 3.63) is 52.5 Å². The molecule has 0 aliphatic rings. The summed E-state index contributed by atoms with van der Waals surface area (Å²) in [6, 6.07) is 9.34. The summed E-state index contributed by atoms with van der Waals surface area (Å²) in [6.45, 7) is 2.13. The van der Waals surface area contributed by atoms with Crippen molar-refractivity contribution >= 4 is 5.82 Å². The van der Waals surface area contributed by atoms with E-state index >= 15 is 0 Å². The van der Waals surface area contributed by atoms with Crippen LogP contribution in [0.15, 0.2) is 41.2 Å². The molecule has 0 radical (unpaired) electrons. The zero-order valence-electron chi connectivity index (χ0n) is 12.2. The minimum Gasteiger partial charge on any atom is -0.470 e. The molecule has 0 spiro atoms. The van der Waals surface area contributed by atoms with E-state index < -0.39 is 4.92 Å². The molecule has 2 heterocycles. The van der Waals surface area contributed by atoms with E-state index in [4.69, 9.17) is 9.37 Å². The van der Waals surface area contributed by atoms with Gasteiger partial charge < -0.3 is 14.9 Å². The summed E-state index contributed by atoms with van der Waals surface area (Å²) in [7, 11) is 0. The Kier molecular flexibility index (Phi) is 4.00. The molecule has 118 valence electrons. The Morgan fingerprint density at radius 3 is 2.83 bits per heavy atom. The van der Waals surface area contributed by atoms with Crippen LogP contribution in [0.1, 0.15) is 5.82 Å². The number of hydrogen-bond donors (Lipinski definition) is 0. The van der Waals surface area contributed by atoms with Gasteiger partial charge in [-0.15, -0.1) is 0 Å². The second kappa shape index (κ2) is 6.26. The molecule has 3 rings (SSSR count). The summed E-state index contributed by atoms with van der Waals surface area (Å²) in [4.78, 5) is 14.4. The van der Waals surface area contributed by atoms with Crippen LogP contribution in [0.4, 0.5) is 5.82 Å². The number of imidazole rings is 1. The molecule has 0 saturated heterocycles. The Balaban J connectivity index is 1.70. The Labute approximate surface area is 130 Å². The molecule has 0 fully saturated rings. The van der Waals surface area contributed by atoms with E-state index in [1.807, 2.05) is 30.3 Å². The molecule has 0 bridgehead atoms. The summed E-state index contributed by atoms with van der Waals surface area (Å²) in [5.74, 6) is 0.714. The number of aromatic nitrogens is 4. The third-order valence-electron chi connectivity index (χ3n) is 3.28. The zero-order chi connectivity index (χ0) is 16.2. The van der Waals surface area contributed by atoms with Crippen LogP contribution in [0, 0.1) is 17.0 Å². The first-order valence-corrected chi connectivity index (χ1v) is 6.84. The zero-order valence-corrected chi connectivity index (χ0v) is 12.2. The van der Waals surface area contributed by atoms with Crippen molar-refractivity contribution in [1.29, 1.82) is 0 Å². The van der Waals surface area contributed by atoms with Gasteiger partial charge in [-0.1, -0.05) is 30.3 Å². The van der Waals surface area contributed by atoms with E-state index in [-0.39, 0.29) is 24.8 Å². The van der Waals surface area contributed by atoms with Gasteiger partial charge in [0, 0.05) is 12.5 Å². The summed E-state index contributed by atoms with van der Waals surface area (Å²) in [5, 5.41) is 18.5. The summed E-state index contributed by atoms with van der Waals surface area (Å²) in [5.41, 5.74) is 1.30. The van der Waals surface area contributed by atoms with Crippen LogP contribution in [0.5, 0.6) is 5.88 Å². The smallest absolute Gasteiger partial charge is 0.342 e. The SMILES string of the molecule is Cc1ncc([N+](=O)[O-])n1CCOc1nonc1-c1ccccc1. The molecule has 9 nitrogen and oxygen atoms in total. The van der Waals surface area contributed by atoms with Crippen molar-refractivity contribution in [3.63, 3.8) is 0 Å². The highest BCUT2D eigenvalue weighted by atomic mass is 16.6. The maximum absolute atomic E-state index is 10.9. The normalized spacial score (nSPS) is 10.7. The molecule has 2 aromatic heterocycles. The predicted octanol–water partition coefficient (Wildman–Crippen LogP) is 2.23. The van der Waals surface area contributed by atoms with Gasteiger partial charge in [-0.25, -0.2) is 14.2 Å². The van der Waals surface area contributed by atoms with Gasteiger partial charge in [-0.2, -0.15) is 0 Å². The maximum Gasteiger partial charge on any atom is 0.342 e. The average molecular weight is 315 g/mol. The van der Waals surface area contributed by atoms with Crippen LogP contribution in [-0.2, 0) is 6.54 Å². The molecule has 0 saturated carbocycles. The topological polar surface area (TPSA) is 109 Å². The average Bonchev–Trinajstić information content (AvgIpc) is 3.16. The van der Waals surface area contributed by atoms with E-state index in [0.29, 0.717) is 11.5 Å². The molecule has 9 heteroatoms. The van der Waals surface area contributed by atoms with E-state index in [1.54, 1.807) is 6.92 Å². The minimum absolute atomic E-state index is 0.0762. The van der Waals surface area contributed by atoms with Crippen LogP contribution < -0.4 is 4.74 Å². The monoisotopic (exact) mass is 315 g/mol. The largest absolute Gasteiger partial charge is 0.470 e. The number of rotatable bonds is 6. The molecular formula is C14H13N5O4. The van der Waals surface area contributed by atoms with Crippen molar-refractivity contribution in [2.45, 2.75) is 13.5 Å². The minimum atomic E-state index is -0.479. The molecule has 0 atom stereocenters. The van der Waals surface area contributed by atoms with E-state index in [1.165, 1.54) is 10.8 Å². The lowest BCUT2D eigenvalue weighted by atomic mass is 10.2. The maximum atomic E-state index is 10.9. The van der Waals surface area contributed by atoms with Gasteiger partial charge in [0.25, 0.3) is 5.88 Å². The molecule has 0 aliphatic heterocycles. The van der Waals surface area contributed by atoms with Gasteiger partial charge in [-0.3, -0.25) is 0 Å². The highest BCUT2D eigenvalue weighted by Gasteiger charge is 2.18. The van der Waals surface area contributed by atoms with Crippen LogP contribution in [0.3, 0.4) is 0 Å². The molecule has 1 aromatic carbocycles. The number of hydrogen-bond acceptors (Lipinski definition) is 7. The fraction of sp³-hybridized carbons (Fsp3) is 0.214. The van der Waals surface area contributed by atoms with E-state index in [0.717, 1.165) is 5.56 Å². The Hall–Kier alpha value is -3.23. The highest BCUT2D eigenvalue weighted by molar-refractivity contribution is 5.63. The Bertz CT molecular complexity index is 812. The van der Waals surface area contributed by atoms with E-state index in [2.05, 4.69) is 15.3 Å². The van der Waals surface area contributed by atoms with Gasteiger partial charge in [0.2, 0.25) is 0 Å². The second-order valence-corrected chi connectivity index (χ2v) is 4.70. The van der Waals surface area contributed by atoms with Crippen LogP contribution in [-0.4, -0.2) is 31.4 Å². The molecule has 23 heavy (non-hydrogen) atoms. The number of benzene rings is 1. The molecule has 0 amide bonds. The van der Waals surface area contributed by atoms with Gasteiger partial charge in [0.05, 0.1) is 0 Å². The van der Waals surface area contributed by atoms with Crippen LogP contribution >= 0.6 is 0 Å². The fourth-order valence-electron chi connectivity index (χ4n) is 2.16. The first-order chi connectivity index (χ1) is 11.2. The lowest BCUT2D eigenvalue weighted by Gasteiger charge is -2.04. The quantitative estimate of drug-likeness (QED) is 0.506. The summed E-state index contributed by atoms with van der Waals surface area (Å²) in [6.07, 6.45) is 1.22.